The summed E-state index contributed by atoms with van der Waals surface area (Å²) < 4.78 is 2.34. The summed E-state index contributed by atoms with van der Waals surface area (Å²) >= 11 is 0. The summed E-state index contributed by atoms with van der Waals surface area (Å²) in [7, 11) is 0. The Balaban J connectivity index is 2.25. The fourth-order valence-electron chi connectivity index (χ4n) is 2.33. The van der Waals surface area contributed by atoms with E-state index in [0.717, 1.165) is 19.4 Å². The molecule has 2 rings (SSSR count). The van der Waals surface area contributed by atoms with Crippen LogP contribution in [-0.4, -0.2) is 17.3 Å². The van der Waals surface area contributed by atoms with Gasteiger partial charge in [0.15, 0.2) is 6.21 Å². The lowest BCUT2D eigenvalue weighted by Gasteiger charge is -2.09. The Hall–Kier alpha value is -1.55. The van der Waals surface area contributed by atoms with Crippen LogP contribution in [0.5, 0.6) is 0 Å². The lowest BCUT2D eigenvalue weighted by atomic mass is 9.87. The first-order valence-electron chi connectivity index (χ1n) is 5.81. The largest absolute Gasteiger partial charge is 0.209 e. The van der Waals surface area contributed by atoms with Crippen molar-refractivity contribution in [3.8, 4) is 12.3 Å². The van der Waals surface area contributed by atoms with Gasteiger partial charge in [0.2, 0.25) is 5.69 Å². The molecule has 1 aliphatic rings. The Labute approximate surface area is 97.8 Å². The molecule has 0 saturated heterocycles. The fourth-order valence-corrected chi connectivity index (χ4v) is 2.33. The summed E-state index contributed by atoms with van der Waals surface area (Å²) in [6.45, 7) is 5.53. The molecule has 0 N–H and O–H groups in total. The maximum Gasteiger partial charge on any atom is 0.209 e. The number of unbranched alkanes of at least 4 members (excludes halogenated alkanes) is 1. The van der Waals surface area contributed by atoms with Crippen molar-refractivity contribution in [3.63, 3.8) is 0 Å². The monoisotopic (exact) mass is 212 g/mol. The molecule has 0 atom stereocenters. The second kappa shape index (κ2) is 4.14. The van der Waals surface area contributed by atoms with Crippen LogP contribution in [0.1, 0.15) is 32.3 Å². The van der Waals surface area contributed by atoms with Gasteiger partial charge >= 0.3 is 0 Å². The number of hydrogen-bond donors (Lipinski definition) is 0. The summed E-state index contributed by atoms with van der Waals surface area (Å²) in [6.07, 6.45) is 9.50. The van der Waals surface area contributed by atoms with E-state index in [1.807, 2.05) is 0 Å². The second-order valence-corrected chi connectivity index (χ2v) is 4.87. The quantitative estimate of drug-likeness (QED) is 0.411. The van der Waals surface area contributed by atoms with Gasteiger partial charge in [-0.2, -0.15) is 0 Å². The van der Waals surface area contributed by atoms with E-state index in [-0.39, 0.29) is 5.41 Å². The zero-order valence-electron chi connectivity index (χ0n) is 10.0. The smallest absolute Gasteiger partial charge is 0.201 e. The van der Waals surface area contributed by atoms with Crippen LogP contribution in [0.15, 0.2) is 24.3 Å². The molecule has 0 aliphatic carbocycles. The Morgan fingerprint density at radius 1 is 1.31 bits per heavy atom. The van der Waals surface area contributed by atoms with Crippen LogP contribution in [0.4, 0.5) is 5.69 Å². The molecule has 1 aliphatic heterocycles. The van der Waals surface area contributed by atoms with Crippen LogP contribution < -0.4 is 0 Å². The standard InChI is InChI=1S/C15H18N/c1-4-5-8-11-16-12-15(2,3)13-9-6-7-10-14(13)16/h1,6-7,9-10,12H,5,8,11H2,2-3H3/q+1. The average molecular weight is 212 g/mol. The van der Waals surface area contributed by atoms with E-state index in [2.05, 4.69) is 54.8 Å². The van der Waals surface area contributed by atoms with Crippen LogP contribution >= 0.6 is 0 Å². The third-order valence-corrected chi connectivity index (χ3v) is 3.11. The maximum absolute atomic E-state index is 5.28. The highest BCUT2D eigenvalue weighted by atomic mass is 15.0. The molecular formula is C15H18N+. The Kier molecular flexibility index (Phi) is 2.83. The first kappa shape index (κ1) is 11.0. The van der Waals surface area contributed by atoms with Gasteiger partial charge in [-0.3, -0.25) is 0 Å². The SMILES string of the molecule is C#CCCC[N+]1=CC(C)(C)c2ccccc21. The van der Waals surface area contributed by atoms with E-state index in [0.29, 0.717) is 0 Å². The predicted molar refractivity (Wildman–Crippen MR) is 68.4 cm³/mol. The molecule has 0 radical (unpaired) electrons. The summed E-state index contributed by atoms with van der Waals surface area (Å²) in [6, 6.07) is 8.62. The fraction of sp³-hybridized carbons (Fsp3) is 0.400. The molecule has 0 amide bonds. The molecule has 0 spiro atoms. The molecule has 1 heterocycles. The van der Waals surface area contributed by atoms with E-state index in [9.17, 15) is 0 Å². The third-order valence-electron chi connectivity index (χ3n) is 3.11. The van der Waals surface area contributed by atoms with Crippen LogP contribution in [0.2, 0.25) is 0 Å². The molecule has 0 unspecified atom stereocenters. The van der Waals surface area contributed by atoms with Crippen LogP contribution in [-0.2, 0) is 5.41 Å². The van der Waals surface area contributed by atoms with Crippen molar-refractivity contribution in [3.05, 3.63) is 29.8 Å². The summed E-state index contributed by atoms with van der Waals surface area (Å²) in [5.74, 6) is 2.70. The number of fused-ring (bicyclic) bond motifs is 1. The minimum atomic E-state index is 0.146. The summed E-state index contributed by atoms with van der Waals surface area (Å²) in [5, 5.41) is 0. The topological polar surface area (TPSA) is 3.01 Å². The van der Waals surface area contributed by atoms with E-state index < -0.39 is 0 Å². The van der Waals surface area contributed by atoms with Crippen LogP contribution in [0.3, 0.4) is 0 Å². The molecule has 1 aromatic rings. The number of rotatable bonds is 3. The van der Waals surface area contributed by atoms with Gasteiger partial charge < -0.3 is 0 Å². The maximum atomic E-state index is 5.28. The molecular weight excluding hydrogens is 194 g/mol. The lowest BCUT2D eigenvalue weighted by molar-refractivity contribution is -0.433. The normalized spacial score (nSPS) is 16.4. The second-order valence-electron chi connectivity index (χ2n) is 4.87. The number of hydrogen-bond acceptors (Lipinski definition) is 0. The molecule has 16 heavy (non-hydrogen) atoms. The van der Waals surface area contributed by atoms with Crippen molar-refractivity contribution >= 4 is 11.9 Å². The van der Waals surface area contributed by atoms with Crippen molar-refractivity contribution in [2.24, 2.45) is 0 Å². The van der Waals surface area contributed by atoms with Crippen LogP contribution in [0, 0.1) is 12.3 Å². The van der Waals surface area contributed by atoms with Gasteiger partial charge in [0.05, 0.1) is 5.41 Å². The van der Waals surface area contributed by atoms with Crippen molar-refractivity contribution in [1.82, 2.24) is 0 Å². The molecule has 1 heteroatoms. The van der Waals surface area contributed by atoms with Gasteiger partial charge in [0.25, 0.3) is 0 Å². The Bertz CT molecular complexity index is 461. The molecule has 82 valence electrons. The molecule has 0 fully saturated rings. The summed E-state index contributed by atoms with van der Waals surface area (Å²) in [4.78, 5) is 0. The minimum Gasteiger partial charge on any atom is -0.201 e. The van der Waals surface area contributed by atoms with E-state index >= 15 is 0 Å². The molecule has 1 nitrogen and oxygen atoms in total. The van der Waals surface area contributed by atoms with Crippen molar-refractivity contribution in [1.29, 1.82) is 0 Å². The summed E-state index contributed by atoms with van der Waals surface area (Å²) in [5.41, 5.74) is 2.90. The van der Waals surface area contributed by atoms with Gasteiger partial charge in [0.1, 0.15) is 6.54 Å². The lowest BCUT2D eigenvalue weighted by Crippen LogP contribution is -2.17. The van der Waals surface area contributed by atoms with Crippen molar-refractivity contribution in [2.75, 3.05) is 6.54 Å². The zero-order valence-corrected chi connectivity index (χ0v) is 10.0. The highest BCUT2D eigenvalue weighted by Crippen LogP contribution is 2.35. The van der Waals surface area contributed by atoms with Gasteiger partial charge in [0, 0.05) is 24.5 Å². The third kappa shape index (κ3) is 1.88. The van der Waals surface area contributed by atoms with E-state index in [1.165, 1.54) is 11.3 Å². The number of nitrogens with zero attached hydrogens (tertiary/aromatic N) is 1. The molecule has 1 aromatic carbocycles. The number of terminal acetylenes is 1. The van der Waals surface area contributed by atoms with E-state index in [4.69, 9.17) is 6.42 Å². The Morgan fingerprint density at radius 3 is 2.81 bits per heavy atom. The van der Waals surface area contributed by atoms with Gasteiger partial charge in [-0.25, -0.2) is 4.58 Å². The van der Waals surface area contributed by atoms with Gasteiger partial charge in [-0.1, -0.05) is 18.2 Å². The highest BCUT2D eigenvalue weighted by molar-refractivity contribution is 5.76. The number of para-hydroxylation sites is 1. The highest BCUT2D eigenvalue weighted by Gasteiger charge is 2.36. The van der Waals surface area contributed by atoms with Gasteiger partial charge in [-0.15, -0.1) is 12.3 Å². The van der Waals surface area contributed by atoms with E-state index in [1.54, 1.807) is 0 Å². The predicted octanol–water partition coefficient (Wildman–Crippen LogP) is 3.11. The molecule has 0 saturated carbocycles. The molecule has 0 bridgehead atoms. The first-order valence-corrected chi connectivity index (χ1v) is 5.81. The van der Waals surface area contributed by atoms with Crippen molar-refractivity contribution in [2.45, 2.75) is 32.1 Å². The van der Waals surface area contributed by atoms with Crippen molar-refractivity contribution < 1.29 is 4.58 Å². The van der Waals surface area contributed by atoms with Gasteiger partial charge in [-0.05, 0) is 13.8 Å². The number of benzene rings is 1. The Morgan fingerprint density at radius 2 is 2.06 bits per heavy atom. The average Bonchev–Trinajstić information content (AvgIpc) is 2.52. The minimum absolute atomic E-state index is 0.146. The van der Waals surface area contributed by atoms with Crippen LogP contribution in [0.25, 0.3) is 0 Å². The molecule has 0 aromatic heterocycles. The first-order chi connectivity index (χ1) is 7.65. The zero-order chi connectivity index (χ0) is 11.6.